The molecule has 3 unspecified atom stereocenters. The SMILES string of the molecule is COCCOC(C(C)C(CO)OC)n1cc(C)c(=O)[nH]c1=O. The second kappa shape index (κ2) is 8.84. The summed E-state index contributed by atoms with van der Waals surface area (Å²) in [4.78, 5) is 25.8. The molecule has 0 saturated heterocycles. The lowest BCUT2D eigenvalue weighted by Crippen LogP contribution is -2.41. The van der Waals surface area contributed by atoms with Crippen molar-refractivity contribution in [2.24, 2.45) is 5.92 Å². The zero-order valence-corrected chi connectivity index (χ0v) is 13.4. The van der Waals surface area contributed by atoms with E-state index in [0.29, 0.717) is 12.2 Å². The minimum absolute atomic E-state index is 0.209. The summed E-state index contributed by atoms with van der Waals surface area (Å²) in [6.45, 7) is 3.81. The standard InChI is InChI=1S/C14H24N2O6/c1-9-7-16(14(19)15-12(9)18)13(22-6-5-20-3)10(2)11(8-17)21-4/h7,10-11,13,17H,5-6,8H2,1-4H3,(H,15,18,19). The van der Waals surface area contributed by atoms with Crippen molar-refractivity contribution in [1.29, 1.82) is 0 Å². The summed E-state index contributed by atoms with van der Waals surface area (Å²) >= 11 is 0. The van der Waals surface area contributed by atoms with Crippen LogP contribution in [0.2, 0.25) is 0 Å². The van der Waals surface area contributed by atoms with Gasteiger partial charge in [-0.2, -0.15) is 0 Å². The Hall–Kier alpha value is -1.48. The van der Waals surface area contributed by atoms with E-state index in [9.17, 15) is 14.7 Å². The molecule has 0 bridgehead atoms. The number of nitrogens with zero attached hydrogens (tertiary/aromatic N) is 1. The maximum absolute atomic E-state index is 12.1. The van der Waals surface area contributed by atoms with E-state index in [-0.39, 0.29) is 19.1 Å². The van der Waals surface area contributed by atoms with Crippen molar-refractivity contribution in [3.05, 3.63) is 32.6 Å². The van der Waals surface area contributed by atoms with Gasteiger partial charge >= 0.3 is 5.69 Å². The van der Waals surface area contributed by atoms with Gasteiger partial charge in [0.05, 0.1) is 25.9 Å². The normalized spacial score (nSPS) is 15.5. The summed E-state index contributed by atoms with van der Waals surface area (Å²) in [7, 11) is 3.02. The molecule has 1 aromatic rings. The quantitative estimate of drug-likeness (QED) is 0.604. The minimum Gasteiger partial charge on any atom is -0.394 e. The molecule has 0 fully saturated rings. The topological polar surface area (TPSA) is 103 Å². The smallest absolute Gasteiger partial charge is 0.330 e. The van der Waals surface area contributed by atoms with Gasteiger partial charge in [-0.1, -0.05) is 6.92 Å². The summed E-state index contributed by atoms with van der Waals surface area (Å²) in [5.41, 5.74) is -0.613. The molecular weight excluding hydrogens is 292 g/mol. The molecule has 0 amide bonds. The number of aryl methyl sites for hydroxylation is 1. The lowest BCUT2D eigenvalue weighted by atomic mass is 10.0. The van der Waals surface area contributed by atoms with Crippen molar-refractivity contribution >= 4 is 0 Å². The maximum Gasteiger partial charge on any atom is 0.330 e. The van der Waals surface area contributed by atoms with Gasteiger partial charge in [-0.05, 0) is 6.92 Å². The molecule has 0 spiro atoms. The summed E-state index contributed by atoms with van der Waals surface area (Å²) in [5.74, 6) is -0.324. The first-order valence-electron chi connectivity index (χ1n) is 7.02. The number of aromatic amines is 1. The lowest BCUT2D eigenvalue weighted by molar-refractivity contribution is -0.104. The zero-order valence-electron chi connectivity index (χ0n) is 13.4. The van der Waals surface area contributed by atoms with Crippen LogP contribution in [0.1, 0.15) is 18.7 Å². The molecule has 0 radical (unpaired) electrons. The number of hydrogen-bond acceptors (Lipinski definition) is 6. The van der Waals surface area contributed by atoms with Crippen LogP contribution in [-0.4, -0.2) is 54.8 Å². The van der Waals surface area contributed by atoms with Crippen LogP contribution in [0.25, 0.3) is 0 Å². The molecule has 0 aromatic carbocycles. The van der Waals surface area contributed by atoms with E-state index in [2.05, 4.69) is 4.98 Å². The van der Waals surface area contributed by atoms with Crippen LogP contribution in [0.4, 0.5) is 0 Å². The van der Waals surface area contributed by atoms with E-state index in [1.54, 1.807) is 21.0 Å². The molecule has 1 aromatic heterocycles. The number of methoxy groups -OCH3 is 2. The first-order chi connectivity index (χ1) is 10.5. The fourth-order valence-corrected chi connectivity index (χ4v) is 2.15. The molecule has 3 atom stereocenters. The van der Waals surface area contributed by atoms with Gasteiger partial charge < -0.3 is 19.3 Å². The highest BCUT2D eigenvalue weighted by Gasteiger charge is 2.28. The number of rotatable bonds is 9. The van der Waals surface area contributed by atoms with Crippen LogP contribution in [-0.2, 0) is 14.2 Å². The van der Waals surface area contributed by atoms with E-state index >= 15 is 0 Å². The molecule has 2 N–H and O–H groups in total. The van der Waals surface area contributed by atoms with Gasteiger partial charge in [0.1, 0.15) is 6.23 Å². The molecule has 1 heterocycles. The number of hydrogen-bond donors (Lipinski definition) is 2. The van der Waals surface area contributed by atoms with Gasteiger partial charge in [0.2, 0.25) is 0 Å². The predicted molar refractivity (Wildman–Crippen MR) is 80.0 cm³/mol. The fourth-order valence-electron chi connectivity index (χ4n) is 2.15. The zero-order chi connectivity index (χ0) is 16.7. The molecular formula is C14H24N2O6. The molecule has 0 saturated carbocycles. The first kappa shape index (κ1) is 18.6. The fraction of sp³-hybridized carbons (Fsp3) is 0.714. The van der Waals surface area contributed by atoms with E-state index in [4.69, 9.17) is 14.2 Å². The van der Waals surface area contributed by atoms with Crippen LogP contribution in [0.5, 0.6) is 0 Å². The minimum atomic E-state index is -0.699. The van der Waals surface area contributed by atoms with E-state index in [1.165, 1.54) is 17.9 Å². The Morgan fingerprint density at radius 1 is 1.32 bits per heavy atom. The number of aliphatic hydroxyl groups excluding tert-OH is 1. The van der Waals surface area contributed by atoms with Crippen LogP contribution in [0.15, 0.2) is 15.8 Å². The Bertz CT molecular complexity index is 563. The first-order valence-corrected chi connectivity index (χ1v) is 7.02. The van der Waals surface area contributed by atoms with Gasteiger partial charge in [0, 0.05) is 31.9 Å². The second-order valence-electron chi connectivity index (χ2n) is 5.05. The van der Waals surface area contributed by atoms with Crippen molar-refractivity contribution in [2.75, 3.05) is 34.0 Å². The molecule has 8 nitrogen and oxygen atoms in total. The van der Waals surface area contributed by atoms with Gasteiger partial charge in [-0.25, -0.2) is 4.79 Å². The van der Waals surface area contributed by atoms with Crippen molar-refractivity contribution < 1.29 is 19.3 Å². The van der Waals surface area contributed by atoms with Crippen LogP contribution in [0, 0.1) is 12.8 Å². The summed E-state index contributed by atoms with van der Waals surface area (Å²) in [5, 5.41) is 9.38. The number of aliphatic hydroxyl groups is 1. The Labute approximate surface area is 128 Å². The predicted octanol–water partition coefficient (Wildman–Crippen LogP) is -0.350. The van der Waals surface area contributed by atoms with E-state index in [1.807, 2.05) is 0 Å². The molecule has 8 heteroatoms. The molecule has 0 aliphatic heterocycles. The number of nitrogens with one attached hydrogen (secondary N) is 1. The molecule has 0 aliphatic carbocycles. The van der Waals surface area contributed by atoms with Gasteiger partial charge in [0.25, 0.3) is 5.56 Å². The van der Waals surface area contributed by atoms with Crippen LogP contribution in [0.3, 0.4) is 0 Å². The number of aromatic nitrogens is 2. The third-order valence-corrected chi connectivity index (χ3v) is 3.52. The number of ether oxygens (including phenoxy) is 3. The van der Waals surface area contributed by atoms with Crippen molar-refractivity contribution in [3.8, 4) is 0 Å². The van der Waals surface area contributed by atoms with Gasteiger partial charge in [-0.15, -0.1) is 0 Å². The Morgan fingerprint density at radius 3 is 2.55 bits per heavy atom. The van der Waals surface area contributed by atoms with Crippen molar-refractivity contribution in [2.45, 2.75) is 26.2 Å². The van der Waals surface area contributed by atoms with Crippen molar-refractivity contribution in [1.82, 2.24) is 9.55 Å². The van der Waals surface area contributed by atoms with Crippen LogP contribution < -0.4 is 11.2 Å². The average molecular weight is 316 g/mol. The monoisotopic (exact) mass is 316 g/mol. The Kier molecular flexibility index (Phi) is 7.46. The summed E-state index contributed by atoms with van der Waals surface area (Å²) in [6.07, 6.45) is 0.237. The van der Waals surface area contributed by atoms with Gasteiger partial charge in [-0.3, -0.25) is 14.3 Å². The highest BCUT2D eigenvalue weighted by atomic mass is 16.5. The van der Waals surface area contributed by atoms with Crippen LogP contribution >= 0.6 is 0 Å². The third kappa shape index (κ3) is 4.51. The lowest BCUT2D eigenvalue weighted by Gasteiger charge is -2.30. The summed E-state index contributed by atoms with van der Waals surface area (Å²) in [6, 6.07) is 0. The number of H-pyrrole nitrogens is 1. The molecule has 1 rings (SSSR count). The Balaban J connectivity index is 3.16. The van der Waals surface area contributed by atoms with Gasteiger partial charge in [0.15, 0.2) is 0 Å². The maximum atomic E-state index is 12.1. The third-order valence-electron chi connectivity index (χ3n) is 3.52. The Morgan fingerprint density at radius 2 is 2.00 bits per heavy atom. The summed E-state index contributed by atoms with van der Waals surface area (Å²) < 4.78 is 17.2. The molecule has 22 heavy (non-hydrogen) atoms. The second-order valence-corrected chi connectivity index (χ2v) is 5.05. The van der Waals surface area contributed by atoms with E-state index in [0.717, 1.165) is 0 Å². The molecule has 126 valence electrons. The van der Waals surface area contributed by atoms with E-state index < -0.39 is 23.6 Å². The molecule has 0 aliphatic rings. The van der Waals surface area contributed by atoms with Crippen molar-refractivity contribution in [3.63, 3.8) is 0 Å². The highest BCUT2D eigenvalue weighted by Crippen LogP contribution is 2.23. The largest absolute Gasteiger partial charge is 0.394 e. The highest BCUT2D eigenvalue weighted by molar-refractivity contribution is 5.01. The average Bonchev–Trinajstić information content (AvgIpc) is 2.49.